The Morgan fingerprint density at radius 2 is 1.91 bits per heavy atom. The van der Waals surface area contributed by atoms with E-state index in [2.05, 4.69) is 16.9 Å². The summed E-state index contributed by atoms with van der Waals surface area (Å²) in [5.74, 6) is 0.477. The predicted octanol–water partition coefficient (Wildman–Crippen LogP) is 2.54. The number of hydrogen-bond acceptors (Lipinski definition) is 7. The zero-order chi connectivity index (χ0) is 24.1. The average Bonchev–Trinajstić information content (AvgIpc) is 3.18. The van der Waals surface area contributed by atoms with E-state index in [9.17, 15) is 14.7 Å². The summed E-state index contributed by atoms with van der Waals surface area (Å²) in [6.07, 6.45) is -0.718. The summed E-state index contributed by atoms with van der Waals surface area (Å²) in [5.41, 5.74) is 1.21. The standard InChI is InChI=1S/C25H25N3O6/c1-16-22(33-15-17-8-10-19(32-2)11-9-17)20(14-29)34-24(16)28-13-12-21(27-25(28)31)26-23(30)18-6-4-3-5-7-18/h3-13,20,22,24,29H,1,14-15H2,2H3,(H,26,27,30,31)/t20-,22+,24-/m1/s1. The van der Waals surface area contributed by atoms with Crippen LogP contribution in [0.15, 0.2) is 83.8 Å². The highest BCUT2D eigenvalue weighted by Gasteiger charge is 2.40. The number of aromatic nitrogens is 2. The highest BCUT2D eigenvalue weighted by molar-refractivity contribution is 6.03. The summed E-state index contributed by atoms with van der Waals surface area (Å²) >= 11 is 0. The second kappa shape index (κ2) is 10.4. The number of rotatable bonds is 8. The molecular formula is C25H25N3O6. The molecule has 2 heterocycles. The topological polar surface area (TPSA) is 112 Å². The molecule has 9 nitrogen and oxygen atoms in total. The van der Waals surface area contributed by atoms with Gasteiger partial charge in [-0.2, -0.15) is 4.98 Å². The molecule has 34 heavy (non-hydrogen) atoms. The lowest BCUT2D eigenvalue weighted by atomic mass is 10.1. The summed E-state index contributed by atoms with van der Waals surface area (Å²) in [6, 6.07) is 17.5. The van der Waals surface area contributed by atoms with Crippen LogP contribution in [-0.4, -0.2) is 46.5 Å². The van der Waals surface area contributed by atoms with E-state index >= 15 is 0 Å². The van der Waals surface area contributed by atoms with Gasteiger partial charge in [0.25, 0.3) is 5.91 Å². The third-order valence-corrected chi connectivity index (χ3v) is 5.45. The molecule has 0 bridgehead atoms. The van der Waals surface area contributed by atoms with Crippen LogP contribution in [-0.2, 0) is 16.1 Å². The molecule has 3 aromatic rings. The Kier molecular flexibility index (Phi) is 7.17. The lowest BCUT2D eigenvalue weighted by Gasteiger charge is -2.17. The quantitative estimate of drug-likeness (QED) is 0.494. The number of hydrogen-bond donors (Lipinski definition) is 2. The fourth-order valence-electron chi connectivity index (χ4n) is 3.65. The summed E-state index contributed by atoms with van der Waals surface area (Å²) in [4.78, 5) is 29.0. The van der Waals surface area contributed by atoms with E-state index in [-0.39, 0.29) is 24.9 Å². The van der Waals surface area contributed by atoms with Gasteiger partial charge in [-0.1, -0.05) is 36.9 Å². The lowest BCUT2D eigenvalue weighted by Crippen LogP contribution is -2.29. The molecule has 0 radical (unpaired) electrons. The Morgan fingerprint density at radius 1 is 1.18 bits per heavy atom. The van der Waals surface area contributed by atoms with Crippen molar-refractivity contribution in [2.75, 3.05) is 19.0 Å². The van der Waals surface area contributed by atoms with Gasteiger partial charge in [-0.25, -0.2) is 4.79 Å². The Balaban J connectivity index is 1.45. The second-order valence-corrected chi connectivity index (χ2v) is 7.69. The number of nitrogens with zero attached hydrogens (tertiary/aromatic N) is 2. The minimum Gasteiger partial charge on any atom is -0.497 e. The number of aliphatic hydroxyl groups is 1. The Labute approximate surface area is 196 Å². The Bertz CT molecular complexity index is 1210. The zero-order valence-electron chi connectivity index (χ0n) is 18.6. The number of nitrogens with one attached hydrogen (secondary N) is 1. The van der Waals surface area contributed by atoms with Crippen molar-refractivity contribution < 1.29 is 24.1 Å². The van der Waals surface area contributed by atoms with Crippen LogP contribution in [0.3, 0.4) is 0 Å². The first-order valence-electron chi connectivity index (χ1n) is 10.6. The molecule has 2 N–H and O–H groups in total. The minimum absolute atomic E-state index is 0.115. The van der Waals surface area contributed by atoms with Crippen molar-refractivity contribution in [1.82, 2.24) is 9.55 Å². The van der Waals surface area contributed by atoms with Crippen molar-refractivity contribution in [2.45, 2.75) is 25.0 Å². The molecule has 9 heteroatoms. The van der Waals surface area contributed by atoms with Crippen LogP contribution in [0.2, 0.25) is 0 Å². The van der Waals surface area contributed by atoms with Gasteiger partial charge >= 0.3 is 5.69 Å². The van der Waals surface area contributed by atoms with Crippen molar-refractivity contribution >= 4 is 11.7 Å². The van der Waals surface area contributed by atoms with Gasteiger partial charge in [0.05, 0.1) is 20.3 Å². The number of amides is 1. The number of carbonyl (C=O) groups is 1. The molecule has 0 saturated carbocycles. The van der Waals surface area contributed by atoms with E-state index in [0.29, 0.717) is 11.1 Å². The largest absolute Gasteiger partial charge is 0.497 e. The molecule has 176 valence electrons. The lowest BCUT2D eigenvalue weighted by molar-refractivity contribution is -0.0657. The van der Waals surface area contributed by atoms with Gasteiger partial charge in [-0.3, -0.25) is 9.36 Å². The summed E-state index contributed by atoms with van der Waals surface area (Å²) in [7, 11) is 1.60. The smallest absolute Gasteiger partial charge is 0.351 e. The van der Waals surface area contributed by atoms with Crippen molar-refractivity contribution in [3.63, 3.8) is 0 Å². The molecule has 2 aromatic carbocycles. The molecule has 1 aromatic heterocycles. The fraction of sp³-hybridized carbons (Fsp3) is 0.240. The van der Waals surface area contributed by atoms with Crippen LogP contribution in [0.4, 0.5) is 5.82 Å². The SMILES string of the molecule is C=C1[C@H](n2ccc(NC(=O)c3ccccc3)nc2=O)O[C@H](CO)[C@H]1OCc1ccc(OC)cc1. The van der Waals surface area contributed by atoms with Crippen molar-refractivity contribution in [3.05, 3.63) is 101 Å². The highest BCUT2D eigenvalue weighted by Crippen LogP contribution is 2.34. The minimum atomic E-state index is -0.864. The summed E-state index contributed by atoms with van der Waals surface area (Å²) in [6.45, 7) is 4.00. The fourth-order valence-corrected chi connectivity index (χ4v) is 3.65. The van der Waals surface area contributed by atoms with Gasteiger partial charge in [0.2, 0.25) is 0 Å². The van der Waals surface area contributed by atoms with Crippen LogP contribution < -0.4 is 15.7 Å². The van der Waals surface area contributed by atoms with Crippen LogP contribution in [0.25, 0.3) is 0 Å². The second-order valence-electron chi connectivity index (χ2n) is 7.69. The van der Waals surface area contributed by atoms with E-state index in [1.165, 1.54) is 16.8 Å². The summed E-state index contributed by atoms with van der Waals surface area (Å²) < 4.78 is 18.2. The Morgan fingerprint density at radius 3 is 2.56 bits per heavy atom. The molecule has 1 fully saturated rings. The first-order valence-corrected chi connectivity index (χ1v) is 10.6. The van der Waals surface area contributed by atoms with Gasteiger partial charge in [0.1, 0.15) is 23.8 Å². The first-order chi connectivity index (χ1) is 16.5. The zero-order valence-corrected chi connectivity index (χ0v) is 18.6. The molecule has 1 aliphatic heterocycles. The maximum absolute atomic E-state index is 12.7. The van der Waals surface area contributed by atoms with Crippen LogP contribution >= 0.6 is 0 Å². The molecule has 1 amide bonds. The number of ether oxygens (including phenoxy) is 3. The van der Waals surface area contributed by atoms with Crippen molar-refractivity contribution in [2.24, 2.45) is 0 Å². The van der Waals surface area contributed by atoms with Crippen molar-refractivity contribution in [1.29, 1.82) is 0 Å². The number of carbonyl (C=O) groups excluding carboxylic acids is 1. The molecule has 1 aliphatic rings. The van der Waals surface area contributed by atoms with E-state index in [4.69, 9.17) is 14.2 Å². The molecule has 0 unspecified atom stereocenters. The molecule has 4 rings (SSSR count). The first kappa shape index (κ1) is 23.4. The van der Waals surface area contributed by atoms with Gasteiger partial charge in [0, 0.05) is 17.3 Å². The molecular weight excluding hydrogens is 438 g/mol. The number of aliphatic hydroxyl groups excluding tert-OH is 1. The van der Waals surface area contributed by atoms with Crippen molar-refractivity contribution in [3.8, 4) is 5.75 Å². The maximum Gasteiger partial charge on any atom is 0.351 e. The van der Waals surface area contributed by atoms with E-state index < -0.39 is 24.1 Å². The molecule has 3 atom stereocenters. The van der Waals surface area contributed by atoms with Crippen LogP contribution in [0.5, 0.6) is 5.75 Å². The van der Waals surface area contributed by atoms with Gasteiger partial charge in [-0.05, 0) is 35.9 Å². The maximum atomic E-state index is 12.7. The van der Waals surface area contributed by atoms with Gasteiger partial charge in [0.15, 0.2) is 6.23 Å². The Hall–Kier alpha value is -3.79. The average molecular weight is 463 g/mol. The molecule has 1 saturated heterocycles. The van der Waals surface area contributed by atoms with E-state index in [0.717, 1.165) is 11.3 Å². The third-order valence-electron chi connectivity index (χ3n) is 5.45. The van der Waals surface area contributed by atoms with Gasteiger partial charge in [-0.15, -0.1) is 0 Å². The number of methoxy groups -OCH3 is 1. The van der Waals surface area contributed by atoms with E-state index in [1.54, 1.807) is 37.4 Å². The normalized spacial score (nSPS) is 19.7. The number of anilines is 1. The van der Waals surface area contributed by atoms with E-state index in [1.807, 2.05) is 24.3 Å². The third kappa shape index (κ3) is 5.07. The van der Waals surface area contributed by atoms with Crippen LogP contribution in [0, 0.1) is 0 Å². The van der Waals surface area contributed by atoms with Gasteiger partial charge < -0.3 is 24.6 Å². The molecule has 0 spiro atoms. The highest BCUT2D eigenvalue weighted by atomic mass is 16.6. The molecule has 0 aliphatic carbocycles. The summed E-state index contributed by atoms with van der Waals surface area (Å²) in [5, 5.41) is 12.4. The monoisotopic (exact) mass is 463 g/mol. The number of benzene rings is 2. The van der Waals surface area contributed by atoms with Crippen LogP contribution in [0.1, 0.15) is 22.1 Å². The predicted molar refractivity (Wildman–Crippen MR) is 125 cm³/mol.